The first-order valence-corrected chi connectivity index (χ1v) is 8.53. The third-order valence-corrected chi connectivity index (χ3v) is 5.69. The van der Waals surface area contributed by atoms with Crippen LogP contribution in [0, 0.1) is 0 Å². The molecule has 0 aliphatic carbocycles. The molecule has 1 aliphatic rings. The predicted molar refractivity (Wildman–Crippen MR) is 61.2 cm³/mol. The molecule has 84 valence electrons. The van der Waals surface area contributed by atoms with E-state index in [-0.39, 0.29) is 0 Å². The molecule has 1 rings (SSSR count). The Morgan fingerprint density at radius 2 is 1.93 bits per heavy atom. The lowest BCUT2D eigenvalue weighted by Gasteiger charge is -2.35. The Bertz CT molecular complexity index is 170. The molecule has 1 saturated heterocycles. The summed E-state index contributed by atoms with van der Waals surface area (Å²) in [4.78, 5) is 2.51. The Kier molecular flexibility index (Phi) is 4.57. The number of morpholine rings is 1. The molecule has 0 aromatic rings. The van der Waals surface area contributed by atoms with Crippen molar-refractivity contribution in [3.63, 3.8) is 0 Å². The van der Waals surface area contributed by atoms with Crippen LogP contribution in [0.1, 0.15) is 6.92 Å². The summed E-state index contributed by atoms with van der Waals surface area (Å²) in [7, 11) is 0.439. The van der Waals surface area contributed by atoms with E-state index < -0.39 is 8.32 Å². The van der Waals surface area contributed by atoms with Crippen LogP contribution in [0.4, 0.5) is 0 Å². The number of hydrogen-bond acceptors (Lipinski definition) is 3. The van der Waals surface area contributed by atoms with Crippen LogP contribution in [0.25, 0.3) is 0 Å². The fourth-order valence-electron chi connectivity index (χ4n) is 1.94. The van der Waals surface area contributed by atoms with Gasteiger partial charge in [0, 0.05) is 26.2 Å². The molecule has 0 N–H and O–H groups in total. The first kappa shape index (κ1) is 12.2. The lowest BCUT2D eigenvalue weighted by molar-refractivity contribution is 0.0230. The minimum atomic E-state index is -1.41. The van der Waals surface area contributed by atoms with Gasteiger partial charge in [-0.3, -0.25) is 4.90 Å². The van der Waals surface area contributed by atoms with E-state index in [2.05, 4.69) is 24.9 Å². The molecule has 0 aromatic heterocycles. The highest BCUT2D eigenvalue weighted by molar-refractivity contribution is 6.71. The topological polar surface area (TPSA) is 21.7 Å². The second-order valence-electron chi connectivity index (χ2n) is 4.67. The average Bonchev–Trinajstić information content (AvgIpc) is 2.19. The summed E-state index contributed by atoms with van der Waals surface area (Å²) in [5.74, 6) is 0. The molecule has 0 radical (unpaired) electrons. The van der Waals surface area contributed by atoms with E-state index in [1.807, 2.05) is 7.11 Å². The number of nitrogens with zero attached hydrogens (tertiary/aromatic N) is 1. The molecule has 1 aliphatic heterocycles. The normalized spacial score (nSPS) is 22.3. The van der Waals surface area contributed by atoms with Crippen molar-refractivity contribution in [1.82, 2.24) is 4.90 Å². The molecular formula is C10H23NO2Si. The number of rotatable bonds is 4. The number of ether oxygens (including phenoxy) is 1. The Morgan fingerprint density at radius 3 is 2.43 bits per heavy atom. The van der Waals surface area contributed by atoms with Crippen LogP contribution < -0.4 is 0 Å². The lowest BCUT2D eigenvalue weighted by atomic mass is 10.3. The third kappa shape index (κ3) is 3.69. The summed E-state index contributed by atoms with van der Waals surface area (Å²) in [6.45, 7) is 10.8. The van der Waals surface area contributed by atoms with E-state index in [9.17, 15) is 0 Å². The summed E-state index contributed by atoms with van der Waals surface area (Å²) in [6.07, 6.45) is 0. The average molecular weight is 217 g/mol. The van der Waals surface area contributed by atoms with E-state index in [0.717, 1.165) is 26.3 Å². The van der Waals surface area contributed by atoms with Gasteiger partial charge in [0.15, 0.2) is 8.32 Å². The van der Waals surface area contributed by atoms with Gasteiger partial charge in [0.1, 0.15) is 0 Å². The van der Waals surface area contributed by atoms with Gasteiger partial charge < -0.3 is 9.16 Å². The maximum Gasteiger partial charge on any atom is 0.187 e. The van der Waals surface area contributed by atoms with Crippen LogP contribution >= 0.6 is 0 Å². The third-order valence-electron chi connectivity index (χ3n) is 3.01. The summed E-state index contributed by atoms with van der Waals surface area (Å²) in [5, 5.41) is 0. The van der Waals surface area contributed by atoms with Crippen LogP contribution in [0.2, 0.25) is 19.1 Å². The van der Waals surface area contributed by atoms with Crippen LogP contribution in [0.5, 0.6) is 0 Å². The fraction of sp³-hybridized carbons (Fsp3) is 1.00. The SMILES string of the molecule is CO[Si](C)(C)CC(C)N1CCOCC1. The first-order valence-electron chi connectivity index (χ1n) is 5.42. The zero-order valence-electron chi connectivity index (χ0n) is 9.88. The molecular weight excluding hydrogens is 194 g/mol. The van der Waals surface area contributed by atoms with Crippen molar-refractivity contribution in [2.45, 2.75) is 32.1 Å². The zero-order valence-corrected chi connectivity index (χ0v) is 10.9. The highest BCUT2D eigenvalue weighted by atomic mass is 28.4. The Balaban J connectivity index is 2.36. The molecule has 14 heavy (non-hydrogen) atoms. The van der Waals surface area contributed by atoms with Crippen molar-refractivity contribution in [3.05, 3.63) is 0 Å². The molecule has 4 heteroatoms. The smallest absolute Gasteiger partial charge is 0.187 e. The Morgan fingerprint density at radius 1 is 1.36 bits per heavy atom. The van der Waals surface area contributed by atoms with Crippen molar-refractivity contribution in [1.29, 1.82) is 0 Å². The molecule has 0 aromatic carbocycles. The minimum Gasteiger partial charge on any atom is -0.420 e. The molecule has 3 nitrogen and oxygen atoms in total. The molecule has 0 amide bonds. The number of hydrogen-bond donors (Lipinski definition) is 0. The molecule has 0 spiro atoms. The molecule has 1 heterocycles. The van der Waals surface area contributed by atoms with Crippen molar-refractivity contribution in [2.75, 3.05) is 33.4 Å². The summed E-state index contributed by atoms with van der Waals surface area (Å²) >= 11 is 0. The second kappa shape index (κ2) is 5.26. The summed E-state index contributed by atoms with van der Waals surface area (Å²) in [6, 6.07) is 1.85. The van der Waals surface area contributed by atoms with E-state index in [4.69, 9.17) is 9.16 Å². The van der Waals surface area contributed by atoms with E-state index >= 15 is 0 Å². The Hall–Kier alpha value is 0.0969. The van der Waals surface area contributed by atoms with Crippen molar-refractivity contribution < 1.29 is 9.16 Å². The molecule has 1 unspecified atom stereocenters. The van der Waals surface area contributed by atoms with Gasteiger partial charge in [-0.15, -0.1) is 0 Å². The maximum atomic E-state index is 5.58. The van der Waals surface area contributed by atoms with Gasteiger partial charge in [-0.25, -0.2) is 0 Å². The molecule has 0 saturated carbocycles. The van der Waals surface area contributed by atoms with Gasteiger partial charge in [0.25, 0.3) is 0 Å². The van der Waals surface area contributed by atoms with Crippen molar-refractivity contribution >= 4 is 8.32 Å². The first-order chi connectivity index (χ1) is 6.55. The maximum absolute atomic E-state index is 5.58. The molecule has 1 atom stereocenters. The van der Waals surface area contributed by atoms with Gasteiger partial charge in [-0.2, -0.15) is 0 Å². The van der Waals surface area contributed by atoms with Gasteiger partial charge in [-0.05, 0) is 26.1 Å². The zero-order chi connectivity index (χ0) is 10.6. The highest BCUT2D eigenvalue weighted by Crippen LogP contribution is 2.17. The second-order valence-corrected chi connectivity index (χ2v) is 9.00. The fourth-order valence-corrected chi connectivity index (χ4v) is 3.79. The van der Waals surface area contributed by atoms with Gasteiger partial charge in [-0.1, -0.05) is 0 Å². The standard InChI is InChI=1S/C10H23NO2Si/c1-10(9-14(3,4)12-2)11-5-7-13-8-6-11/h10H,5-9H2,1-4H3. The summed E-state index contributed by atoms with van der Waals surface area (Å²) in [5.41, 5.74) is 0. The lowest BCUT2D eigenvalue weighted by Crippen LogP contribution is -2.46. The van der Waals surface area contributed by atoms with Crippen LogP contribution in [-0.2, 0) is 9.16 Å². The minimum absolute atomic E-state index is 0.639. The van der Waals surface area contributed by atoms with Crippen molar-refractivity contribution in [3.8, 4) is 0 Å². The van der Waals surface area contributed by atoms with E-state index in [1.165, 1.54) is 6.04 Å². The quantitative estimate of drug-likeness (QED) is 0.667. The van der Waals surface area contributed by atoms with Crippen LogP contribution in [0.3, 0.4) is 0 Å². The highest BCUT2D eigenvalue weighted by Gasteiger charge is 2.27. The monoisotopic (exact) mass is 217 g/mol. The van der Waals surface area contributed by atoms with Crippen LogP contribution in [-0.4, -0.2) is 52.7 Å². The van der Waals surface area contributed by atoms with Crippen molar-refractivity contribution in [2.24, 2.45) is 0 Å². The summed E-state index contributed by atoms with van der Waals surface area (Å²) < 4.78 is 10.9. The molecule has 1 fully saturated rings. The molecule has 0 bridgehead atoms. The predicted octanol–water partition coefficient (Wildman–Crippen LogP) is 1.56. The largest absolute Gasteiger partial charge is 0.420 e. The van der Waals surface area contributed by atoms with Gasteiger partial charge in [0.05, 0.1) is 13.2 Å². The van der Waals surface area contributed by atoms with E-state index in [1.54, 1.807) is 0 Å². The Labute approximate surface area is 88.5 Å². The van der Waals surface area contributed by atoms with Gasteiger partial charge in [0.2, 0.25) is 0 Å². The van der Waals surface area contributed by atoms with Crippen LogP contribution in [0.15, 0.2) is 0 Å². The van der Waals surface area contributed by atoms with E-state index in [0.29, 0.717) is 6.04 Å². The van der Waals surface area contributed by atoms with Gasteiger partial charge >= 0.3 is 0 Å².